The number of likely N-dealkylation sites (tertiary alicyclic amines) is 1. The monoisotopic (exact) mass is 381 g/mol. The molecule has 1 aliphatic heterocycles. The number of hydrogen-bond acceptors (Lipinski definition) is 5. The molecule has 8 heteroatoms. The number of halogens is 3. The number of nitrogens with two attached hydrogens (primary N) is 1. The highest BCUT2D eigenvalue weighted by molar-refractivity contribution is 5.33. The number of hydrogen-bond donors (Lipinski definition) is 1. The van der Waals surface area contributed by atoms with Crippen LogP contribution in [0.15, 0.2) is 42.6 Å². The molecule has 5 nitrogen and oxygen atoms in total. The zero-order valence-corrected chi connectivity index (χ0v) is 14.8. The number of rotatable bonds is 6. The van der Waals surface area contributed by atoms with Gasteiger partial charge in [-0.2, -0.15) is 0 Å². The minimum atomic E-state index is -4.71. The Balaban J connectivity index is 1.50. The summed E-state index contributed by atoms with van der Waals surface area (Å²) >= 11 is 0. The molecule has 1 fully saturated rings. The van der Waals surface area contributed by atoms with Gasteiger partial charge in [0.2, 0.25) is 0 Å². The third-order valence-corrected chi connectivity index (χ3v) is 4.38. The van der Waals surface area contributed by atoms with E-state index in [2.05, 4.69) is 14.6 Å². The molecule has 0 saturated carbocycles. The van der Waals surface area contributed by atoms with Crippen LogP contribution in [0.3, 0.4) is 0 Å². The molecule has 2 aromatic rings. The van der Waals surface area contributed by atoms with Crippen LogP contribution in [0, 0.1) is 0 Å². The highest BCUT2D eigenvalue weighted by Crippen LogP contribution is 2.27. The van der Waals surface area contributed by atoms with Gasteiger partial charge in [0.15, 0.2) is 0 Å². The van der Waals surface area contributed by atoms with E-state index in [0.29, 0.717) is 12.3 Å². The van der Waals surface area contributed by atoms with Crippen molar-refractivity contribution >= 4 is 0 Å². The number of nitrogens with zero attached hydrogens (tertiary/aromatic N) is 2. The average molecular weight is 381 g/mol. The van der Waals surface area contributed by atoms with E-state index in [-0.39, 0.29) is 11.9 Å². The fourth-order valence-corrected chi connectivity index (χ4v) is 3.09. The van der Waals surface area contributed by atoms with Crippen LogP contribution in [0.5, 0.6) is 11.5 Å². The molecule has 0 spiro atoms. The number of benzene rings is 1. The number of pyridine rings is 1. The van der Waals surface area contributed by atoms with E-state index in [0.717, 1.165) is 43.7 Å². The standard InChI is InChI=1S/C19H22F3N3O2/c20-19(21,22)27-18-3-1-2-17(11-18)26-16-5-8-25(9-6-16)13-15-10-14(12-23)4-7-24-15/h1-4,7,10-11,16H,5-6,8-9,12-13,23H2. The number of aromatic nitrogens is 1. The van der Waals surface area contributed by atoms with Gasteiger partial charge in [0.25, 0.3) is 0 Å². The molecular weight excluding hydrogens is 359 g/mol. The van der Waals surface area contributed by atoms with Gasteiger partial charge in [-0.3, -0.25) is 9.88 Å². The second-order valence-electron chi connectivity index (χ2n) is 6.48. The number of ether oxygens (including phenoxy) is 2. The SMILES string of the molecule is NCc1ccnc(CN2CCC(Oc3cccc(OC(F)(F)F)c3)CC2)c1. The van der Waals surface area contributed by atoms with Crippen LogP contribution in [0.2, 0.25) is 0 Å². The average Bonchev–Trinajstić information content (AvgIpc) is 2.62. The molecule has 3 rings (SSSR count). The van der Waals surface area contributed by atoms with E-state index >= 15 is 0 Å². The summed E-state index contributed by atoms with van der Waals surface area (Å²) in [5, 5.41) is 0. The summed E-state index contributed by atoms with van der Waals surface area (Å²) in [6.07, 6.45) is -1.39. The summed E-state index contributed by atoms with van der Waals surface area (Å²) in [6.45, 7) is 2.90. The maximum atomic E-state index is 12.3. The molecule has 2 N–H and O–H groups in total. The van der Waals surface area contributed by atoms with Crippen LogP contribution >= 0.6 is 0 Å². The topological polar surface area (TPSA) is 60.6 Å². The molecule has 0 bridgehead atoms. The van der Waals surface area contributed by atoms with Crippen LogP contribution in [-0.2, 0) is 13.1 Å². The van der Waals surface area contributed by atoms with Crippen LogP contribution in [0.25, 0.3) is 0 Å². The van der Waals surface area contributed by atoms with Gasteiger partial charge in [0.1, 0.15) is 17.6 Å². The quantitative estimate of drug-likeness (QED) is 0.830. The van der Waals surface area contributed by atoms with Crippen molar-refractivity contribution in [2.45, 2.75) is 38.4 Å². The molecule has 146 valence electrons. The predicted molar refractivity (Wildman–Crippen MR) is 94.2 cm³/mol. The van der Waals surface area contributed by atoms with E-state index in [1.54, 1.807) is 12.3 Å². The zero-order valence-electron chi connectivity index (χ0n) is 14.8. The van der Waals surface area contributed by atoms with Crippen molar-refractivity contribution < 1.29 is 22.6 Å². The smallest absolute Gasteiger partial charge is 0.490 e. The Hall–Kier alpha value is -2.32. The van der Waals surface area contributed by atoms with E-state index < -0.39 is 6.36 Å². The minimum Gasteiger partial charge on any atom is -0.490 e. The maximum absolute atomic E-state index is 12.3. The van der Waals surface area contributed by atoms with Gasteiger partial charge >= 0.3 is 6.36 Å². The van der Waals surface area contributed by atoms with Gasteiger partial charge in [-0.15, -0.1) is 13.2 Å². The summed E-state index contributed by atoms with van der Waals surface area (Å²) < 4.78 is 46.7. The molecule has 0 atom stereocenters. The lowest BCUT2D eigenvalue weighted by Gasteiger charge is -2.32. The van der Waals surface area contributed by atoms with E-state index in [1.165, 1.54) is 18.2 Å². The summed E-state index contributed by atoms with van der Waals surface area (Å²) in [7, 11) is 0. The molecule has 1 aromatic heterocycles. The summed E-state index contributed by atoms with van der Waals surface area (Å²) in [5.74, 6) is 0.107. The molecule has 0 unspecified atom stereocenters. The van der Waals surface area contributed by atoms with Gasteiger partial charge in [-0.1, -0.05) is 6.07 Å². The molecule has 1 aliphatic rings. The van der Waals surface area contributed by atoms with Crippen molar-refractivity contribution in [1.82, 2.24) is 9.88 Å². The van der Waals surface area contributed by atoms with E-state index in [9.17, 15) is 13.2 Å². The molecule has 2 heterocycles. The fourth-order valence-electron chi connectivity index (χ4n) is 3.09. The molecule has 0 amide bonds. The lowest BCUT2D eigenvalue weighted by Crippen LogP contribution is -2.38. The van der Waals surface area contributed by atoms with Crippen molar-refractivity contribution in [2.75, 3.05) is 13.1 Å². The molecule has 1 saturated heterocycles. The molecular formula is C19H22F3N3O2. The van der Waals surface area contributed by atoms with Crippen molar-refractivity contribution in [3.63, 3.8) is 0 Å². The van der Waals surface area contributed by atoms with Crippen molar-refractivity contribution in [3.8, 4) is 11.5 Å². The van der Waals surface area contributed by atoms with Crippen LogP contribution in [0.4, 0.5) is 13.2 Å². The lowest BCUT2D eigenvalue weighted by molar-refractivity contribution is -0.274. The van der Waals surface area contributed by atoms with Gasteiger partial charge in [0.05, 0.1) is 5.69 Å². The Morgan fingerprint density at radius 3 is 2.56 bits per heavy atom. The molecule has 0 aliphatic carbocycles. The molecule has 0 radical (unpaired) electrons. The fraction of sp³-hybridized carbons (Fsp3) is 0.421. The summed E-state index contributed by atoms with van der Waals surface area (Å²) in [4.78, 5) is 6.66. The van der Waals surface area contributed by atoms with Crippen molar-refractivity contribution in [1.29, 1.82) is 0 Å². The first-order valence-electron chi connectivity index (χ1n) is 8.80. The Labute approximate surface area is 155 Å². The van der Waals surface area contributed by atoms with E-state index in [4.69, 9.17) is 10.5 Å². The second kappa shape index (κ2) is 8.58. The predicted octanol–water partition coefficient (Wildman–Crippen LogP) is 3.48. The molecule has 27 heavy (non-hydrogen) atoms. The van der Waals surface area contributed by atoms with Gasteiger partial charge in [-0.25, -0.2) is 0 Å². The van der Waals surface area contributed by atoms with Crippen molar-refractivity contribution in [3.05, 3.63) is 53.9 Å². The number of alkyl halides is 3. The van der Waals surface area contributed by atoms with Crippen LogP contribution < -0.4 is 15.2 Å². The summed E-state index contributed by atoms with van der Waals surface area (Å²) in [6, 6.07) is 9.56. The largest absolute Gasteiger partial charge is 0.573 e. The van der Waals surface area contributed by atoms with Crippen LogP contribution in [-0.4, -0.2) is 35.4 Å². The first-order valence-corrected chi connectivity index (χ1v) is 8.80. The first kappa shape index (κ1) is 19.4. The van der Waals surface area contributed by atoms with E-state index in [1.807, 2.05) is 12.1 Å². The highest BCUT2D eigenvalue weighted by atomic mass is 19.4. The Morgan fingerprint density at radius 1 is 1.11 bits per heavy atom. The minimum absolute atomic E-state index is 0.0364. The third kappa shape index (κ3) is 6.11. The second-order valence-corrected chi connectivity index (χ2v) is 6.48. The molecule has 1 aromatic carbocycles. The normalized spacial score (nSPS) is 16.3. The zero-order chi connectivity index (χ0) is 19.3. The Bertz CT molecular complexity index is 747. The van der Waals surface area contributed by atoms with Crippen LogP contribution in [0.1, 0.15) is 24.1 Å². The van der Waals surface area contributed by atoms with Gasteiger partial charge in [-0.05, 0) is 42.7 Å². The Morgan fingerprint density at radius 2 is 1.85 bits per heavy atom. The first-order chi connectivity index (χ1) is 12.9. The Kier molecular flexibility index (Phi) is 6.18. The van der Waals surface area contributed by atoms with Crippen molar-refractivity contribution in [2.24, 2.45) is 5.73 Å². The third-order valence-electron chi connectivity index (χ3n) is 4.38. The maximum Gasteiger partial charge on any atom is 0.573 e. The van der Waals surface area contributed by atoms with Gasteiger partial charge < -0.3 is 15.2 Å². The van der Waals surface area contributed by atoms with Gasteiger partial charge in [0, 0.05) is 38.4 Å². The highest BCUT2D eigenvalue weighted by Gasteiger charge is 2.31. The lowest BCUT2D eigenvalue weighted by atomic mass is 10.1. The number of piperidine rings is 1. The summed E-state index contributed by atoms with van der Waals surface area (Å²) in [5.41, 5.74) is 7.69.